The molecule has 1 aromatic carbocycles. The van der Waals surface area contributed by atoms with Crippen molar-refractivity contribution in [2.45, 2.75) is 44.6 Å². The fourth-order valence-electron chi connectivity index (χ4n) is 3.16. The van der Waals surface area contributed by atoms with Crippen molar-refractivity contribution in [1.82, 2.24) is 20.2 Å². The molecule has 7 nitrogen and oxygen atoms in total. The topological polar surface area (TPSA) is 96.0 Å². The molecule has 1 aliphatic rings. The summed E-state index contributed by atoms with van der Waals surface area (Å²) in [6.45, 7) is 1.73. The minimum atomic E-state index is -0.853. The lowest BCUT2D eigenvalue weighted by atomic mass is 9.98. The lowest BCUT2D eigenvalue weighted by Crippen LogP contribution is -2.53. The average Bonchev–Trinajstić information content (AvgIpc) is 2.59. The van der Waals surface area contributed by atoms with E-state index in [1.807, 2.05) is 6.92 Å². The number of halogens is 1. The summed E-state index contributed by atoms with van der Waals surface area (Å²) in [6, 6.07) is 6.40. The Hall–Kier alpha value is -2.48. The van der Waals surface area contributed by atoms with Gasteiger partial charge in [0, 0.05) is 18.6 Å². The van der Waals surface area contributed by atoms with E-state index < -0.39 is 23.3 Å². The van der Waals surface area contributed by atoms with Gasteiger partial charge in [0.05, 0.1) is 10.9 Å². The number of fused-ring (bicyclic) bond motifs is 1. The number of aromatic nitrogens is 2. The largest absolute Gasteiger partial charge is 0.351 e. The Balaban J connectivity index is 1.72. The summed E-state index contributed by atoms with van der Waals surface area (Å²) in [7, 11) is 0. The molecular weight excluding hydrogens is 327 g/mol. The highest BCUT2D eigenvalue weighted by molar-refractivity contribution is 5.79. The minimum absolute atomic E-state index is 0.0254. The predicted molar refractivity (Wildman–Crippen MR) is 92.4 cm³/mol. The van der Waals surface area contributed by atoms with Gasteiger partial charge >= 0.3 is 5.69 Å². The van der Waals surface area contributed by atoms with Crippen molar-refractivity contribution in [2.75, 3.05) is 6.54 Å². The van der Waals surface area contributed by atoms with Crippen LogP contribution in [0.25, 0.3) is 10.9 Å². The van der Waals surface area contributed by atoms with Crippen LogP contribution in [0.5, 0.6) is 0 Å². The number of hydrogen-bond acceptors (Lipinski definition) is 4. The fourth-order valence-corrected chi connectivity index (χ4v) is 3.16. The SMILES string of the molecule is CC(NC(=O)Cn1c(=O)[nH]c2ccccc2c1=O)C1CCC(F)CN1. The molecule has 2 heterocycles. The highest BCUT2D eigenvalue weighted by atomic mass is 19.1. The maximum Gasteiger partial charge on any atom is 0.329 e. The van der Waals surface area contributed by atoms with Gasteiger partial charge < -0.3 is 15.6 Å². The molecule has 0 spiro atoms. The van der Waals surface area contributed by atoms with Crippen LogP contribution < -0.4 is 21.9 Å². The van der Waals surface area contributed by atoms with Crippen molar-refractivity contribution in [1.29, 1.82) is 0 Å². The van der Waals surface area contributed by atoms with Crippen molar-refractivity contribution in [3.63, 3.8) is 0 Å². The molecule has 134 valence electrons. The first-order chi connectivity index (χ1) is 12.0. The summed E-state index contributed by atoms with van der Waals surface area (Å²) in [5.74, 6) is -0.431. The van der Waals surface area contributed by atoms with Crippen molar-refractivity contribution >= 4 is 16.8 Å². The highest BCUT2D eigenvalue weighted by Crippen LogP contribution is 2.13. The van der Waals surface area contributed by atoms with E-state index in [0.717, 1.165) is 4.57 Å². The number of carbonyl (C=O) groups is 1. The van der Waals surface area contributed by atoms with Crippen LogP contribution in [0.3, 0.4) is 0 Å². The quantitative estimate of drug-likeness (QED) is 0.740. The average molecular weight is 348 g/mol. The van der Waals surface area contributed by atoms with Crippen LogP contribution in [0.4, 0.5) is 4.39 Å². The Morgan fingerprint density at radius 3 is 2.84 bits per heavy atom. The first kappa shape index (κ1) is 17.3. The second-order valence-corrected chi connectivity index (χ2v) is 6.41. The maximum absolute atomic E-state index is 13.2. The Bertz CT molecular complexity index is 883. The number of amides is 1. The normalized spacial score (nSPS) is 21.8. The van der Waals surface area contributed by atoms with Crippen molar-refractivity contribution in [3.8, 4) is 0 Å². The molecule has 2 aromatic rings. The number of para-hydroxylation sites is 1. The number of piperidine rings is 1. The molecule has 1 amide bonds. The molecule has 1 saturated heterocycles. The monoisotopic (exact) mass is 348 g/mol. The first-order valence-corrected chi connectivity index (χ1v) is 8.34. The number of nitrogens with zero attached hydrogens (tertiary/aromatic N) is 1. The lowest BCUT2D eigenvalue weighted by molar-refractivity contribution is -0.122. The third-order valence-corrected chi connectivity index (χ3v) is 4.58. The molecule has 1 aliphatic heterocycles. The molecule has 0 bridgehead atoms. The number of rotatable bonds is 4. The number of H-pyrrole nitrogens is 1. The van der Waals surface area contributed by atoms with Gasteiger partial charge in [-0.25, -0.2) is 9.18 Å². The van der Waals surface area contributed by atoms with Crippen LogP contribution in [0.15, 0.2) is 33.9 Å². The first-order valence-electron chi connectivity index (χ1n) is 8.34. The zero-order chi connectivity index (χ0) is 18.0. The predicted octanol–water partition coefficient (Wildman–Crippen LogP) is 0.285. The van der Waals surface area contributed by atoms with Gasteiger partial charge in [-0.2, -0.15) is 0 Å². The van der Waals surface area contributed by atoms with Crippen molar-refractivity contribution in [2.24, 2.45) is 0 Å². The van der Waals surface area contributed by atoms with Gasteiger partial charge in [-0.3, -0.25) is 14.2 Å². The molecule has 1 fully saturated rings. The summed E-state index contributed by atoms with van der Waals surface area (Å²) in [4.78, 5) is 39.3. The number of nitrogens with one attached hydrogen (secondary N) is 3. The highest BCUT2D eigenvalue weighted by Gasteiger charge is 2.25. The summed E-state index contributed by atoms with van der Waals surface area (Å²) in [5, 5.41) is 6.19. The van der Waals surface area contributed by atoms with Gasteiger partial charge in [0.25, 0.3) is 5.56 Å². The number of aromatic amines is 1. The maximum atomic E-state index is 13.2. The van der Waals surface area contributed by atoms with E-state index in [9.17, 15) is 18.8 Å². The summed E-state index contributed by atoms with van der Waals surface area (Å²) in [5.41, 5.74) is -0.685. The van der Waals surface area contributed by atoms with E-state index in [0.29, 0.717) is 23.7 Å². The van der Waals surface area contributed by atoms with Crippen molar-refractivity contribution in [3.05, 3.63) is 45.1 Å². The number of benzene rings is 1. The number of carbonyl (C=O) groups excluding carboxylic acids is 1. The minimum Gasteiger partial charge on any atom is -0.351 e. The van der Waals surface area contributed by atoms with Gasteiger partial charge in [0.15, 0.2) is 0 Å². The van der Waals surface area contributed by atoms with Crippen LogP contribution in [-0.2, 0) is 11.3 Å². The molecule has 3 N–H and O–H groups in total. The van der Waals surface area contributed by atoms with Gasteiger partial charge in [0.1, 0.15) is 12.7 Å². The van der Waals surface area contributed by atoms with E-state index in [-0.39, 0.29) is 25.2 Å². The van der Waals surface area contributed by atoms with Gasteiger partial charge in [0.2, 0.25) is 5.91 Å². The second-order valence-electron chi connectivity index (χ2n) is 6.41. The Labute approximate surface area is 143 Å². The molecule has 0 radical (unpaired) electrons. The summed E-state index contributed by atoms with van der Waals surface area (Å²) in [6.07, 6.45) is 0.231. The molecule has 0 aliphatic carbocycles. The summed E-state index contributed by atoms with van der Waals surface area (Å²) < 4.78 is 14.0. The molecular formula is C17H21FN4O3. The van der Waals surface area contributed by atoms with Crippen molar-refractivity contribution < 1.29 is 9.18 Å². The third-order valence-electron chi connectivity index (χ3n) is 4.58. The van der Waals surface area contributed by atoms with Gasteiger partial charge in [-0.15, -0.1) is 0 Å². The van der Waals surface area contributed by atoms with E-state index in [1.165, 1.54) is 0 Å². The zero-order valence-corrected chi connectivity index (χ0v) is 13.9. The molecule has 3 atom stereocenters. The molecule has 3 rings (SSSR count). The fraction of sp³-hybridized carbons (Fsp3) is 0.471. The molecule has 25 heavy (non-hydrogen) atoms. The second kappa shape index (κ2) is 7.18. The van der Waals surface area contributed by atoms with E-state index >= 15 is 0 Å². The van der Waals surface area contributed by atoms with Gasteiger partial charge in [-0.05, 0) is 31.9 Å². The number of hydrogen-bond donors (Lipinski definition) is 3. The Kier molecular flexibility index (Phi) is 4.98. The third kappa shape index (κ3) is 3.79. The zero-order valence-electron chi connectivity index (χ0n) is 13.9. The molecule has 0 saturated carbocycles. The van der Waals surface area contributed by atoms with E-state index in [2.05, 4.69) is 15.6 Å². The van der Waals surface area contributed by atoms with Crippen LogP contribution in [0.1, 0.15) is 19.8 Å². The molecule has 8 heteroatoms. The lowest BCUT2D eigenvalue weighted by Gasteiger charge is -2.31. The van der Waals surface area contributed by atoms with Crippen LogP contribution in [0, 0.1) is 0 Å². The van der Waals surface area contributed by atoms with E-state index in [4.69, 9.17) is 0 Å². The van der Waals surface area contributed by atoms with Crippen LogP contribution in [0.2, 0.25) is 0 Å². The van der Waals surface area contributed by atoms with Crippen LogP contribution >= 0.6 is 0 Å². The van der Waals surface area contributed by atoms with Gasteiger partial charge in [-0.1, -0.05) is 12.1 Å². The summed E-state index contributed by atoms with van der Waals surface area (Å²) >= 11 is 0. The van der Waals surface area contributed by atoms with E-state index in [1.54, 1.807) is 24.3 Å². The smallest absolute Gasteiger partial charge is 0.329 e. The standard InChI is InChI=1S/C17H21FN4O3/c1-10(13-7-6-11(18)8-19-13)20-15(23)9-22-16(24)12-4-2-3-5-14(12)21-17(22)25/h2-5,10-11,13,19H,6-9H2,1H3,(H,20,23)(H,21,25). The molecule has 1 aromatic heterocycles. The Morgan fingerprint density at radius 1 is 1.36 bits per heavy atom. The van der Waals surface area contributed by atoms with Crippen LogP contribution in [-0.4, -0.2) is 40.3 Å². The number of alkyl halides is 1. The Morgan fingerprint density at radius 2 is 2.12 bits per heavy atom. The molecule has 3 unspecified atom stereocenters.